The van der Waals surface area contributed by atoms with Gasteiger partial charge in [0, 0.05) is 50.7 Å². The molecular formula is C15H24ClN3S. The number of nitrogens with one attached hydrogen (secondary N) is 1. The molecule has 3 nitrogen and oxygen atoms in total. The van der Waals surface area contributed by atoms with Crippen molar-refractivity contribution in [2.24, 2.45) is 5.41 Å². The van der Waals surface area contributed by atoms with Crippen LogP contribution in [0.5, 0.6) is 0 Å². The van der Waals surface area contributed by atoms with E-state index in [1.54, 1.807) is 11.3 Å². The zero-order valence-electron chi connectivity index (χ0n) is 12.2. The molecule has 2 fully saturated rings. The fourth-order valence-corrected chi connectivity index (χ4v) is 4.44. The fraction of sp³-hybridized carbons (Fsp3) is 0.733. The lowest BCUT2D eigenvalue weighted by Gasteiger charge is -2.38. The minimum atomic E-state index is 0.490. The van der Waals surface area contributed by atoms with Crippen LogP contribution in [0.3, 0.4) is 0 Å². The number of halogens is 1. The first-order chi connectivity index (χ1) is 9.63. The highest BCUT2D eigenvalue weighted by atomic mass is 35.5. The van der Waals surface area contributed by atoms with E-state index in [-0.39, 0.29) is 0 Å². The van der Waals surface area contributed by atoms with Crippen LogP contribution in [-0.2, 0) is 6.54 Å². The third-order valence-corrected chi connectivity index (χ3v) is 5.75. The SMILES string of the molecule is CC1(CN2CCN(Cc3ccc(Cl)s3)CC2)CCNC1. The molecule has 0 saturated carbocycles. The molecule has 1 N–H and O–H groups in total. The van der Waals surface area contributed by atoms with Crippen LogP contribution in [-0.4, -0.2) is 55.6 Å². The smallest absolute Gasteiger partial charge is 0.0931 e. The van der Waals surface area contributed by atoms with E-state index in [4.69, 9.17) is 11.6 Å². The summed E-state index contributed by atoms with van der Waals surface area (Å²) in [6.45, 7) is 11.9. The molecule has 2 saturated heterocycles. The van der Waals surface area contributed by atoms with Crippen LogP contribution >= 0.6 is 22.9 Å². The van der Waals surface area contributed by atoms with Crippen LogP contribution in [0.15, 0.2) is 12.1 Å². The van der Waals surface area contributed by atoms with Gasteiger partial charge in [-0.1, -0.05) is 18.5 Å². The minimum Gasteiger partial charge on any atom is -0.316 e. The second-order valence-corrected chi connectivity index (χ2v) is 8.30. The Labute approximate surface area is 130 Å². The molecule has 3 heterocycles. The van der Waals surface area contributed by atoms with Gasteiger partial charge in [0.1, 0.15) is 0 Å². The summed E-state index contributed by atoms with van der Waals surface area (Å²) in [6.07, 6.45) is 1.32. The van der Waals surface area contributed by atoms with Crippen molar-refractivity contribution in [3.8, 4) is 0 Å². The summed E-state index contributed by atoms with van der Waals surface area (Å²) in [5.41, 5.74) is 0.490. The van der Waals surface area contributed by atoms with Gasteiger partial charge in [-0.15, -0.1) is 11.3 Å². The Morgan fingerprint density at radius 3 is 2.60 bits per heavy atom. The Bertz CT molecular complexity index is 434. The van der Waals surface area contributed by atoms with Crippen molar-refractivity contribution in [3.63, 3.8) is 0 Å². The largest absolute Gasteiger partial charge is 0.316 e. The molecule has 0 radical (unpaired) electrons. The van der Waals surface area contributed by atoms with Crippen molar-refractivity contribution in [3.05, 3.63) is 21.3 Å². The van der Waals surface area contributed by atoms with Gasteiger partial charge in [-0.3, -0.25) is 4.90 Å². The normalized spacial score (nSPS) is 29.1. The molecule has 0 bridgehead atoms. The van der Waals surface area contributed by atoms with Crippen LogP contribution in [0, 0.1) is 5.41 Å². The van der Waals surface area contributed by atoms with Gasteiger partial charge in [0.25, 0.3) is 0 Å². The van der Waals surface area contributed by atoms with Gasteiger partial charge in [0.15, 0.2) is 0 Å². The highest BCUT2D eigenvalue weighted by Gasteiger charge is 2.31. The zero-order chi connectivity index (χ0) is 14.0. The lowest BCUT2D eigenvalue weighted by atomic mass is 9.89. The first-order valence-corrected chi connectivity index (χ1v) is 8.72. The molecule has 112 valence electrons. The molecule has 1 aromatic rings. The van der Waals surface area contributed by atoms with Crippen molar-refractivity contribution in [2.75, 3.05) is 45.8 Å². The summed E-state index contributed by atoms with van der Waals surface area (Å²) in [7, 11) is 0. The van der Waals surface area contributed by atoms with E-state index in [0.29, 0.717) is 5.41 Å². The first kappa shape index (κ1) is 14.8. The van der Waals surface area contributed by atoms with Crippen LogP contribution < -0.4 is 5.32 Å². The van der Waals surface area contributed by atoms with Crippen LogP contribution in [0.1, 0.15) is 18.2 Å². The van der Waals surface area contributed by atoms with Crippen LogP contribution in [0.4, 0.5) is 0 Å². The van der Waals surface area contributed by atoms with E-state index in [0.717, 1.165) is 10.9 Å². The van der Waals surface area contributed by atoms with Gasteiger partial charge in [-0.2, -0.15) is 0 Å². The average Bonchev–Trinajstić information content (AvgIpc) is 3.01. The van der Waals surface area contributed by atoms with E-state index in [1.807, 2.05) is 6.07 Å². The van der Waals surface area contributed by atoms with Crippen molar-refractivity contribution in [1.82, 2.24) is 15.1 Å². The van der Waals surface area contributed by atoms with Crippen LogP contribution in [0.2, 0.25) is 4.34 Å². The van der Waals surface area contributed by atoms with Gasteiger partial charge in [0.05, 0.1) is 4.34 Å². The predicted octanol–water partition coefficient (Wildman–Crippen LogP) is 2.52. The molecule has 2 aliphatic rings. The Morgan fingerprint density at radius 2 is 2.00 bits per heavy atom. The topological polar surface area (TPSA) is 18.5 Å². The predicted molar refractivity (Wildman–Crippen MR) is 86.6 cm³/mol. The molecule has 2 aliphatic heterocycles. The molecule has 5 heteroatoms. The lowest BCUT2D eigenvalue weighted by molar-refractivity contribution is 0.0938. The Hall–Kier alpha value is -0.130. The summed E-state index contributed by atoms with van der Waals surface area (Å²) < 4.78 is 0.903. The number of hydrogen-bond donors (Lipinski definition) is 1. The molecule has 1 aromatic heterocycles. The standard InChI is InChI=1S/C15H24ClN3S/c1-15(4-5-17-11-15)12-19-8-6-18(7-9-19)10-13-2-3-14(16)20-13/h2-3,17H,4-12H2,1H3. The second-order valence-electron chi connectivity index (χ2n) is 6.50. The van der Waals surface area contributed by atoms with E-state index in [1.165, 1.54) is 57.1 Å². The average molecular weight is 314 g/mol. The summed E-state index contributed by atoms with van der Waals surface area (Å²) in [5.74, 6) is 0. The Morgan fingerprint density at radius 1 is 1.25 bits per heavy atom. The fourth-order valence-electron chi connectivity index (χ4n) is 3.31. The molecule has 0 amide bonds. The number of piperazine rings is 1. The van der Waals surface area contributed by atoms with Crippen molar-refractivity contribution < 1.29 is 0 Å². The van der Waals surface area contributed by atoms with Crippen molar-refractivity contribution >= 4 is 22.9 Å². The van der Waals surface area contributed by atoms with E-state index >= 15 is 0 Å². The van der Waals surface area contributed by atoms with Gasteiger partial charge in [0.2, 0.25) is 0 Å². The van der Waals surface area contributed by atoms with Crippen LogP contribution in [0.25, 0.3) is 0 Å². The number of nitrogens with zero attached hydrogens (tertiary/aromatic N) is 2. The quantitative estimate of drug-likeness (QED) is 0.921. The number of thiophene rings is 1. The second kappa shape index (κ2) is 6.32. The molecule has 0 aliphatic carbocycles. The summed E-state index contributed by atoms with van der Waals surface area (Å²) in [4.78, 5) is 6.58. The highest BCUT2D eigenvalue weighted by Crippen LogP contribution is 2.27. The molecule has 20 heavy (non-hydrogen) atoms. The van der Waals surface area contributed by atoms with E-state index in [2.05, 4.69) is 28.1 Å². The minimum absolute atomic E-state index is 0.490. The number of hydrogen-bond acceptors (Lipinski definition) is 4. The maximum Gasteiger partial charge on any atom is 0.0931 e. The first-order valence-electron chi connectivity index (χ1n) is 7.53. The Balaban J connectivity index is 1.45. The Kier molecular flexibility index (Phi) is 4.68. The van der Waals surface area contributed by atoms with E-state index in [9.17, 15) is 0 Å². The molecule has 1 unspecified atom stereocenters. The summed E-state index contributed by atoms with van der Waals surface area (Å²) in [5, 5.41) is 3.50. The maximum absolute atomic E-state index is 6.00. The number of rotatable bonds is 4. The van der Waals surface area contributed by atoms with Crippen molar-refractivity contribution in [1.29, 1.82) is 0 Å². The third kappa shape index (κ3) is 3.74. The highest BCUT2D eigenvalue weighted by molar-refractivity contribution is 7.16. The molecule has 1 atom stereocenters. The van der Waals surface area contributed by atoms with E-state index < -0.39 is 0 Å². The monoisotopic (exact) mass is 313 g/mol. The summed E-state index contributed by atoms with van der Waals surface area (Å²) in [6, 6.07) is 4.16. The molecular weight excluding hydrogens is 290 g/mol. The zero-order valence-corrected chi connectivity index (χ0v) is 13.8. The molecule has 0 aromatic carbocycles. The van der Waals surface area contributed by atoms with Gasteiger partial charge in [-0.05, 0) is 30.5 Å². The lowest BCUT2D eigenvalue weighted by Crippen LogP contribution is -2.49. The molecule has 0 spiro atoms. The maximum atomic E-state index is 6.00. The van der Waals surface area contributed by atoms with Gasteiger partial charge < -0.3 is 10.2 Å². The molecule has 3 rings (SSSR count). The summed E-state index contributed by atoms with van der Waals surface area (Å²) >= 11 is 7.71. The van der Waals surface area contributed by atoms with Crippen molar-refractivity contribution in [2.45, 2.75) is 19.9 Å². The van der Waals surface area contributed by atoms with Gasteiger partial charge >= 0.3 is 0 Å². The van der Waals surface area contributed by atoms with Gasteiger partial charge in [-0.25, -0.2) is 0 Å². The third-order valence-electron chi connectivity index (χ3n) is 4.54.